The summed E-state index contributed by atoms with van der Waals surface area (Å²) in [7, 11) is 3.14. The molecule has 2 fully saturated rings. The minimum atomic E-state index is -4.56. The van der Waals surface area contributed by atoms with Gasteiger partial charge in [-0.3, -0.25) is 9.59 Å². The molecule has 2 N–H and O–H groups in total. The molecule has 2 heterocycles. The van der Waals surface area contributed by atoms with E-state index in [1.807, 2.05) is 0 Å². The van der Waals surface area contributed by atoms with Gasteiger partial charge in [0.1, 0.15) is 23.7 Å². The largest absolute Gasteiger partial charge is 0.508 e. The number of likely N-dealkylation sites (N-methyl/N-ethyl adjacent to an activating group) is 1. The molecule has 2 atom stereocenters. The number of hydrogen-bond acceptors (Lipinski definition) is 6. The highest BCUT2D eigenvalue weighted by molar-refractivity contribution is 5.91. The summed E-state index contributed by atoms with van der Waals surface area (Å²) >= 11 is 0. The fourth-order valence-electron chi connectivity index (χ4n) is 5.57. The molecule has 13 heteroatoms. The van der Waals surface area contributed by atoms with Gasteiger partial charge in [-0.15, -0.1) is 0 Å². The second-order valence-corrected chi connectivity index (χ2v) is 10.8. The molecule has 2 aliphatic rings. The Bertz CT molecular complexity index is 1520. The number of phenolic OH excluding ortho intramolecular Hbond substituents is 1. The van der Waals surface area contributed by atoms with Gasteiger partial charge in [0.2, 0.25) is 11.8 Å². The SMILES string of the molecule is COc1ccc(CNC(=O)N2[C@H]3CN(Cc4cccc(C(F)(F)F)c4)C(=O)[C@H](Cc4ccc(O)cc4)N3C(=O)CN2C)cc1. The first kappa shape index (κ1) is 30.7. The molecule has 3 aromatic rings. The first-order valence-corrected chi connectivity index (χ1v) is 13.9. The summed E-state index contributed by atoms with van der Waals surface area (Å²) in [5.41, 5.74) is 0.884. The zero-order valence-electron chi connectivity index (χ0n) is 24.1. The van der Waals surface area contributed by atoms with E-state index in [1.165, 1.54) is 44.1 Å². The number of piperazine rings is 1. The van der Waals surface area contributed by atoms with E-state index in [2.05, 4.69) is 5.32 Å². The van der Waals surface area contributed by atoms with Crippen molar-refractivity contribution in [2.24, 2.45) is 0 Å². The number of nitrogens with one attached hydrogen (secondary N) is 1. The number of benzene rings is 3. The van der Waals surface area contributed by atoms with Gasteiger partial charge >= 0.3 is 12.2 Å². The molecule has 0 spiro atoms. The number of carbonyl (C=O) groups is 3. The topological polar surface area (TPSA) is 106 Å². The summed E-state index contributed by atoms with van der Waals surface area (Å²) in [6.07, 6.45) is -5.41. The first-order chi connectivity index (χ1) is 20.9. The number of phenols is 1. The number of aromatic hydroxyl groups is 1. The average molecular weight is 612 g/mol. The standard InChI is InChI=1S/C31H32F3N5O5/c1-36-19-28(41)38-26(15-20-6-10-24(40)11-7-20)29(42)37(17-22-4-3-5-23(14-22)31(32,33)34)18-27(38)39(36)30(43)35-16-21-8-12-25(44-2)13-9-21/h3-14,26-27,40H,15-19H2,1-2H3,(H,35,43)/t26-,27-/m0/s1. The maximum Gasteiger partial charge on any atom is 0.416 e. The number of fused-ring (bicyclic) bond motifs is 1. The monoisotopic (exact) mass is 611 g/mol. The van der Waals surface area contributed by atoms with Crippen molar-refractivity contribution >= 4 is 17.8 Å². The molecule has 0 aliphatic carbocycles. The average Bonchev–Trinajstić information content (AvgIpc) is 2.99. The summed E-state index contributed by atoms with van der Waals surface area (Å²) in [6.45, 7) is -0.261. The van der Waals surface area contributed by atoms with E-state index < -0.39 is 35.9 Å². The highest BCUT2D eigenvalue weighted by Crippen LogP contribution is 2.32. The van der Waals surface area contributed by atoms with Crippen LogP contribution >= 0.6 is 0 Å². The molecule has 2 aliphatic heterocycles. The lowest BCUT2D eigenvalue weighted by atomic mass is 9.98. The Morgan fingerprint density at radius 1 is 1.00 bits per heavy atom. The van der Waals surface area contributed by atoms with Gasteiger partial charge < -0.3 is 25.0 Å². The Morgan fingerprint density at radius 3 is 2.34 bits per heavy atom. The van der Waals surface area contributed by atoms with Crippen molar-refractivity contribution in [1.29, 1.82) is 0 Å². The van der Waals surface area contributed by atoms with Gasteiger partial charge in [-0.2, -0.15) is 13.2 Å². The van der Waals surface area contributed by atoms with Crippen LogP contribution in [0.2, 0.25) is 0 Å². The van der Waals surface area contributed by atoms with Crippen LogP contribution in [0.25, 0.3) is 0 Å². The van der Waals surface area contributed by atoms with Crippen LogP contribution in [0, 0.1) is 0 Å². The maximum absolute atomic E-state index is 13.9. The number of nitrogens with zero attached hydrogens (tertiary/aromatic N) is 4. The third-order valence-corrected chi connectivity index (χ3v) is 7.74. The quantitative estimate of drug-likeness (QED) is 0.423. The zero-order chi connectivity index (χ0) is 31.6. The first-order valence-electron chi connectivity index (χ1n) is 13.9. The van der Waals surface area contributed by atoms with E-state index in [-0.39, 0.29) is 49.8 Å². The third kappa shape index (κ3) is 6.57. The van der Waals surface area contributed by atoms with Gasteiger partial charge in [0.25, 0.3) is 0 Å². The summed E-state index contributed by atoms with van der Waals surface area (Å²) in [5, 5.41) is 15.4. The van der Waals surface area contributed by atoms with Crippen LogP contribution < -0.4 is 10.1 Å². The molecule has 0 aromatic heterocycles. The van der Waals surface area contributed by atoms with E-state index in [1.54, 1.807) is 50.6 Å². The molecule has 5 rings (SSSR count). The third-order valence-electron chi connectivity index (χ3n) is 7.74. The summed E-state index contributed by atoms with van der Waals surface area (Å²) in [6, 6.07) is 16.5. The molecular weight excluding hydrogens is 579 g/mol. The highest BCUT2D eigenvalue weighted by atomic mass is 19.4. The number of urea groups is 1. The normalized spacial score (nSPS) is 19.2. The molecule has 3 aromatic carbocycles. The van der Waals surface area contributed by atoms with E-state index in [0.29, 0.717) is 11.3 Å². The molecule has 232 valence electrons. The van der Waals surface area contributed by atoms with E-state index >= 15 is 0 Å². The molecule has 0 saturated carbocycles. The lowest BCUT2D eigenvalue weighted by Crippen LogP contribution is -2.76. The second-order valence-electron chi connectivity index (χ2n) is 10.8. The molecule has 0 bridgehead atoms. The predicted molar refractivity (Wildman–Crippen MR) is 153 cm³/mol. The van der Waals surface area contributed by atoms with Crippen LogP contribution in [0.3, 0.4) is 0 Å². The van der Waals surface area contributed by atoms with Gasteiger partial charge in [0, 0.05) is 26.6 Å². The molecule has 0 radical (unpaired) electrons. The van der Waals surface area contributed by atoms with Crippen LogP contribution in [-0.4, -0.2) is 82.2 Å². The number of carbonyl (C=O) groups excluding carboxylic acids is 3. The fraction of sp³-hybridized carbons (Fsp3) is 0.323. The van der Waals surface area contributed by atoms with Crippen molar-refractivity contribution < 1.29 is 37.4 Å². The van der Waals surface area contributed by atoms with Crippen LogP contribution in [0.1, 0.15) is 22.3 Å². The number of rotatable bonds is 7. The predicted octanol–water partition coefficient (Wildman–Crippen LogP) is 3.60. The fourth-order valence-corrected chi connectivity index (χ4v) is 5.57. The number of ether oxygens (including phenoxy) is 1. The Balaban J connectivity index is 1.45. The Hall–Kier alpha value is -4.78. The van der Waals surface area contributed by atoms with E-state index in [0.717, 1.165) is 17.7 Å². The van der Waals surface area contributed by atoms with E-state index in [4.69, 9.17) is 4.74 Å². The summed E-state index contributed by atoms with van der Waals surface area (Å²) in [4.78, 5) is 43.8. The maximum atomic E-state index is 13.9. The molecule has 44 heavy (non-hydrogen) atoms. The Kier molecular flexibility index (Phi) is 8.68. The molecular formula is C31H32F3N5O5. The second kappa shape index (κ2) is 12.4. The summed E-state index contributed by atoms with van der Waals surface area (Å²) in [5.74, 6) is -0.128. The van der Waals surface area contributed by atoms with Crippen molar-refractivity contribution in [3.8, 4) is 11.5 Å². The van der Waals surface area contributed by atoms with Crippen molar-refractivity contribution in [3.63, 3.8) is 0 Å². The highest BCUT2D eigenvalue weighted by Gasteiger charge is 2.50. The molecule has 10 nitrogen and oxygen atoms in total. The number of hydrazine groups is 1. The van der Waals surface area contributed by atoms with Gasteiger partial charge in [-0.05, 0) is 53.1 Å². The summed E-state index contributed by atoms with van der Waals surface area (Å²) < 4.78 is 45.5. The van der Waals surface area contributed by atoms with Crippen LogP contribution in [-0.2, 0) is 35.3 Å². The van der Waals surface area contributed by atoms with Crippen molar-refractivity contribution in [2.45, 2.75) is 37.9 Å². The number of hydrogen-bond donors (Lipinski definition) is 2. The van der Waals surface area contributed by atoms with Crippen LogP contribution in [0.15, 0.2) is 72.8 Å². The number of methoxy groups -OCH3 is 1. The lowest BCUT2D eigenvalue weighted by Gasteiger charge is -2.54. The Labute approximate surface area is 252 Å². The van der Waals surface area contributed by atoms with Gasteiger partial charge in [0.15, 0.2) is 0 Å². The van der Waals surface area contributed by atoms with Crippen molar-refractivity contribution in [2.75, 3.05) is 27.2 Å². The Morgan fingerprint density at radius 2 is 1.68 bits per heavy atom. The minimum Gasteiger partial charge on any atom is -0.508 e. The van der Waals surface area contributed by atoms with Crippen molar-refractivity contribution in [3.05, 3.63) is 95.1 Å². The van der Waals surface area contributed by atoms with E-state index in [9.17, 15) is 32.7 Å². The molecule has 0 unspecified atom stereocenters. The van der Waals surface area contributed by atoms with Gasteiger partial charge in [0.05, 0.1) is 25.8 Å². The van der Waals surface area contributed by atoms with Crippen LogP contribution in [0.5, 0.6) is 11.5 Å². The molecule has 4 amide bonds. The van der Waals surface area contributed by atoms with Crippen molar-refractivity contribution in [1.82, 2.24) is 25.1 Å². The van der Waals surface area contributed by atoms with Crippen LogP contribution in [0.4, 0.5) is 18.0 Å². The smallest absolute Gasteiger partial charge is 0.416 e. The number of halogens is 3. The molecule has 2 saturated heterocycles. The minimum absolute atomic E-state index is 0.0307. The number of amides is 4. The lowest BCUT2D eigenvalue weighted by molar-refractivity contribution is -0.187. The number of alkyl halides is 3. The van der Waals surface area contributed by atoms with Gasteiger partial charge in [-0.25, -0.2) is 14.8 Å². The zero-order valence-corrected chi connectivity index (χ0v) is 24.1. The van der Waals surface area contributed by atoms with Gasteiger partial charge in [-0.1, -0.05) is 36.4 Å².